The van der Waals surface area contributed by atoms with Gasteiger partial charge in [0.2, 0.25) is 5.89 Å². The standard InChI is InChI=1S/C6H7N3O4/c7-5(12)6-8-3(13-9-6)1-2-4(10)11/h1-2H2,(H2,7,12)(H,10,11). The number of primary amides is 1. The average Bonchev–Trinajstić information content (AvgIpc) is 2.48. The minimum atomic E-state index is -0.973. The molecule has 0 bridgehead atoms. The fourth-order valence-electron chi connectivity index (χ4n) is 0.670. The third kappa shape index (κ3) is 2.55. The second-order valence-electron chi connectivity index (χ2n) is 2.27. The fourth-order valence-corrected chi connectivity index (χ4v) is 0.670. The summed E-state index contributed by atoms with van der Waals surface area (Å²) in [6.45, 7) is 0. The van der Waals surface area contributed by atoms with Gasteiger partial charge in [-0.05, 0) is 0 Å². The van der Waals surface area contributed by atoms with Gasteiger partial charge in [-0.3, -0.25) is 9.59 Å². The highest BCUT2D eigenvalue weighted by Crippen LogP contribution is 2.00. The highest BCUT2D eigenvalue weighted by Gasteiger charge is 2.11. The molecule has 1 aromatic rings. The van der Waals surface area contributed by atoms with E-state index in [1.807, 2.05) is 0 Å². The largest absolute Gasteiger partial charge is 0.481 e. The predicted octanol–water partition coefficient (Wildman–Crippen LogP) is -0.814. The third-order valence-corrected chi connectivity index (χ3v) is 1.24. The first-order valence-corrected chi connectivity index (χ1v) is 3.44. The molecule has 0 radical (unpaired) electrons. The van der Waals surface area contributed by atoms with E-state index in [-0.39, 0.29) is 24.6 Å². The van der Waals surface area contributed by atoms with Crippen molar-refractivity contribution in [3.63, 3.8) is 0 Å². The zero-order chi connectivity index (χ0) is 9.84. The van der Waals surface area contributed by atoms with Crippen LogP contribution in [0.15, 0.2) is 4.52 Å². The molecule has 0 aliphatic rings. The Bertz CT molecular complexity index is 332. The quantitative estimate of drug-likeness (QED) is 0.632. The van der Waals surface area contributed by atoms with E-state index in [1.54, 1.807) is 0 Å². The molecule has 1 aromatic heterocycles. The first kappa shape index (κ1) is 9.17. The minimum absolute atomic E-state index is 0.0929. The monoisotopic (exact) mass is 185 g/mol. The molecule has 0 aliphatic heterocycles. The number of aromatic nitrogens is 2. The molecule has 70 valence electrons. The van der Waals surface area contributed by atoms with E-state index < -0.39 is 11.9 Å². The number of hydrogen-bond donors (Lipinski definition) is 2. The summed E-state index contributed by atoms with van der Waals surface area (Å²) in [5, 5.41) is 11.5. The summed E-state index contributed by atoms with van der Waals surface area (Å²) in [7, 11) is 0. The van der Waals surface area contributed by atoms with E-state index in [4.69, 9.17) is 10.8 Å². The lowest BCUT2D eigenvalue weighted by Crippen LogP contribution is -2.12. The van der Waals surface area contributed by atoms with Gasteiger partial charge in [-0.25, -0.2) is 0 Å². The van der Waals surface area contributed by atoms with Crippen LogP contribution in [-0.2, 0) is 11.2 Å². The van der Waals surface area contributed by atoms with Crippen LogP contribution in [0, 0.1) is 0 Å². The summed E-state index contributed by atoms with van der Waals surface area (Å²) in [6, 6.07) is 0. The number of carbonyl (C=O) groups excluding carboxylic acids is 1. The predicted molar refractivity (Wildman–Crippen MR) is 38.8 cm³/mol. The molecule has 0 saturated heterocycles. The van der Waals surface area contributed by atoms with Crippen molar-refractivity contribution in [1.29, 1.82) is 0 Å². The zero-order valence-corrected chi connectivity index (χ0v) is 6.56. The van der Waals surface area contributed by atoms with Crippen molar-refractivity contribution < 1.29 is 19.2 Å². The van der Waals surface area contributed by atoms with Crippen molar-refractivity contribution in [3.05, 3.63) is 11.7 Å². The molecule has 3 N–H and O–H groups in total. The molecule has 0 atom stereocenters. The van der Waals surface area contributed by atoms with Crippen LogP contribution in [0.1, 0.15) is 22.9 Å². The highest BCUT2D eigenvalue weighted by molar-refractivity contribution is 5.88. The first-order chi connectivity index (χ1) is 6.09. The Morgan fingerprint density at radius 3 is 2.69 bits per heavy atom. The van der Waals surface area contributed by atoms with Crippen LogP contribution >= 0.6 is 0 Å². The van der Waals surface area contributed by atoms with E-state index in [0.717, 1.165) is 0 Å². The average molecular weight is 185 g/mol. The van der Waals surface area contributed by atoms with Gasteiger partial charge >= 0.3 is 5.97 Å². The number of rotatable bonds is 4. The molecular weight excluding hydrogens is 178 g/mol. The third-order valence-electron chi connectivity index (χ3n) is 1.24. The number of amides is 1. The zero-order valence-electron chi connectivity index (χ0n) is 6.56. The number of carbonyl (C=O) groups is 2. The van der Waals surface area contributed by atoms with E-state index in [1.165, 1.54) is 0 Å². The van der Waals surface area contributed by atoms with Crippen LogP contribution in [0.4, 0.5) is 0 Å². The molecule has 0 aliphatic carbocycles. The number of aliphatic carboxylic acids is 1. The molecule has 0 unspecified atom stereocenters. The maximum Gasteiger partial charge on any atom is 0.303 e. The summed E-state index contributed by atoms with van der Waals surface area (Å²) in [6.07, 6.45) is -0.0317. The SMILES string of the molecule is NC(=O)c1noc(CCC(=O)O)n1. The molecule has 0 fully saturated rings. The Balaban J connectivity index is 2.59. The Labute approximate surface area is 72.5 Å². The van der Waals surface area contributed by atoms with Gasteiger partial charge in [-0.1, -0.05) is 5.16 Å². The van der Waals surface area contributed by atoms with Crippen molar-refractivity contribution in [3.8, 4) is 0 Å². The first-order valence-electron chi connectivity index (χ1n) is 3.44. The second kappa shape index (κ2) is 3.65. The maximum atomic E-state index is 10.5. The van der Waals surface area contributed by atoms with Gasteiger partial charge in [-0.2, -0.15) is 4.98 Å². The molecule has 13 heavy (non-hydrogen) atoms. The Hall–Kier alpha value is -1.92. The normalized spacial score (nSPS) is 9.85. The number of carboxylic acid groups (broad SMARTS) is 1. The molecule has 1 rings (SSSR count). The summed E-state index contributed by atoms with van der Waals surface area (Å²) < 4.78 is 4.55. The van der Waals surface area contributed by atoms with Gasteiger partial charge in [0.1, 0.15) is 0 Å². The molecule has 0 spiro atoms. The molecule has 1 amide bonds. The number of hydrogen-bond acceptors (Lipinski definition) is 5. The van der Waals surface area contributed by atoms with E-state index >= 15 is 0 Å². The lowest BCUT2D eigenvalue weighted by molar-refractivity contribution is -0.137. The Morgan fingerprint density at radius 2 is 2.23 bits per heavy atom. The van der Waals surface area contributed by atoms with Crippen LogP contribution in [0.3, 0.4) is 0 Å². The van der Waals surface area contributed by atoms with Gasteiger partial charge in [0, 0.05) is 6.42 Å². The number of nitrogens with two attached hydrogens (primary N) is 1. The summed E-state index contributed by atoms with van der Waals surface area (Å²) in [5.41, 5.74) is 4.84. The second-order valence-corrected chi connectivity index (χ2v) is 2.27. The van der Waals surface area contributed by atoms with Gasteiger partial charge in [0.15, 0.2) is 0 Å². The molecule has 1 heterocycles. The van der Waals surface area contributed by atoms with Crippen molar-refractivity contribution >= 4 is 11.9 Å². The van der Waals surface area contributed by atoms with E-state index in [0.29, 0.717) is 0 Å². The van der Waals surface area contributed by atoms with Crippen molar-refractivity contribution in [1.82, 2.24) is 10.1 Å². The molecule has 7 heteroatoms. The van der Waals surface area contributed by atoms with Crippen LogP contribution in [-0.4, -0.2) is 27.1 Å². The maximum absolute atomic E-state index is 10.5. The van der Waals surface area contributed by atoms with Crippen LogP contribution < -0.4 is 5.73 Å². The summed E-state index contributed by atoms with van der Waals surface area (Å²) >= 11 is 0. The topological polar surface area (TPSA) is 119 Å². The van der Waals surface area contributed by atoms with Crippen LogP contribution in [0.2, 0.25) is 0 Å². The molecule has 0 saturated carbocycles. The minimum Gasteiger partial charge on any atom is -0.481 e. The van der Waals surface area contributed by atoms with Gasteiger partial charge in [0.25, 0.3) is 11.7 Å². The number of nitrogens with zero attached hydrogens (tertiary/aromatic N) is 2. The van der Waals surface area contributed by atoms with Gasteiger partial charge < -0.3 is 15.4 Å². The Morgan fingerprint density at radius 1 is 1.54 bits per heavy atom. The Kier molecular flexibility index (Phi) is 2.58. The van der Waals surface area contributed by atoms with Crippen LogP contribution in [0.5, 0.6) is 0 Å². The molecule has 0 aromatic carbocycles. The summed E-state index contributed by atoms with van der Waals surface area (Å²) in [4.78, 5) is 24.2. The number of carboxylic acids is 1. The lowest BCUT2D eigenvalue weighted by atomic mass is 10.3. The van der Waals surface area contributed by atoms with Crippen molar-refractivity contribution in [2.24, 2.45) is 5.73 Å². The van der Waals surface area contributed by atoms with E-state index in [9.17, 15) is 9.59 Å². The molecular formula is C6H7N3O4. The van der Waals surface area contributed by atoms with Crippen molar-refractivity contribution in [2.75, 3.05) is 0 Å². The van der Waals surface area contributed by atoms with Gasteiger partial charge in [-0.15, -0.1) is 0 Å². The fraction of sp³-hybridized carbons (Fsp3) is 0.333. The summed E-state index contributed by atoms with van der Waals surface area (Å²) in [5.74, 6) is -1.92. The lowest BCUT2D eigenvalue weighted by Gasteiger charge is -1.86. The van der Waals surface area contributed by atoms with Crippen LogP contribution in [0.25, 0.3) is 0 Å². The van der Waals surface area contributed by atoms with E-state index in [2.05, 4.69) is 14.7 Å². The number of aryl methyl sites for hydroxylation is 1. The smallest absolute Gasteiger partial charge is 0.303 e. The van der Waals surface area contributed by atoms with Crippen molar-refractivity contribution in [2.45, 2.75) is 12.8 Å². The molecule has 7 nitrogen and oxygen atoms in total. The highest BCUT2D eigenvalue weighted by atomic mass is 16.5. The van der Waals surface area contributed by atoms with Gasteiger partial charge in [0.05, 0.1) is 6.42 Å².